The van der Waals surface area contributed by atoms with Crippen molar-refractivity contribution in [3.05, 3.63) is 18.2 Å². The van der Waals surface area contributed by atoms with Crippen molar-refractivity contribution in [3.63, 3.8) is 0 Å². The molecule has 0 saturated carbocycles. The van der Waals surface area contributed by atoms with Crippen molar-refractivity contribution in [2.75, 3.05) is 18.2 Å². The molecule has 0 bridgehead atoms. The molecule has 3 N–H and O–H groups in total. The summed E-state index contributed by atoms with van der Waals surface area (Å²) in [4.78, 5) is 11.1. The molecule has 1 aromatic rings. The molecule has 116 valence electrons. The summed E-state index contributed by atoms with van der Waals surface area (Å²) in [6.45, 7) is 7.98. The van der Waals surface area contributed by atoms with Crippen molar-refractivity contribution in [2.45, 2.75) is 38.0 Å². The number of nitrogens with two attached hydrogens (primary N) is 1. The number of rotatable bonds is 5. The van der Waals surface area contributed by atoms with Gasteiger partial charge < -0.3 is 15.1 Å². The smallest absolute Gasteiger partial charge is 0.411 e. The highest BCUT2D eigenvalue weighted by molar-refractivity contribution is 7.81. The molecule has 0 spiro atoms. The maximum absolute atomic E-state index is 11.1. The molecule has 0 aliphatic rings. The van der Waals surface area contributed by atoms with E-state index in [4.69, 9.17) is 10.4 Å². The number of nitrogens with one attached hydrogen (secondary N) is 1. The van der Waals surface area contributed by atoms with Gasteiger partial charge in [0.1, 0.15) is 0 Å². The second kappa shape index (κ2) is 6.62. The highest BCUT2D eigenvalue weighted by atomic mass is 32.1. The largest absolute Gasteiger partial charge is 0.453 e. The molecular formula is C14H23BN2O3S. The number of anilines is 2. The van der Waals surface area contributed by atoms with Crippen LogP contribution in [0.3, 0.4) is 0 Å². The van der Waals surface area contributed by atoms with E-state index in [1.54, 1.807) is 12.1 Å². The zero-order valence-corrected chi connectivity index (χ0v) is 14.1. The van der Waals surface area contributed by atoms with Gasteiger partial charge in [0.05, 0.1) is 12.7 Å². The molecule has 0 aliphatic heterocycles. The van der Waals surface area contributed by atoms with Crippen LogP contribution < -0.4 is 16.5 Å². The molecule has 0 aromatic heterocycles. The molecule has 0 aliphatic carbocycles. The Morgan fingerprint density at radius 3 is 2.43 bits per heavy atom. The van der Waals surface area contributed by atoms with E-state index in [1.807, 2.05) is 33.8 Å². The van der Waals surface area contributed by atoms with Crippen molar-refractivity contribution in [3.8, 4) is 0 Å². The van der Waals surface area contributed by atoms with E-state index in [1.165, 1.54) is 7.11 Å². The molecule has 0 unspecified atom stereocenters. The monoisotopic (exact) mass is 310 g/mol. The van der Waals surface area contributed by atoms with Crippen LogP contribution in [0.5, 0.6) is 0 Å². The minimum absolute atomic E-state index is 0.284. The van der Waals surface area contributed by atoms with E-state index < -0.39 is 11.7 Å². The van der Waals surface area contributed by atoms with Crippen molar-refractivity contribution < 1.29 is 14.2 Å². The molecule has 1 amide bonds. The van der Waals surface area contributed by atoms with Crippen LogP contribution in [0.1, 0.15) is 27.7 Å². The lowest BCUT2D eigenvalue weighted by molar-refractivity contribution is 0.0855. The van der Waals surface area contributed by atoms with Crippen molar-refractivity contribution in [2.24, 2.45) is 0 Å². The third-order valence-electron chi connectivity index (χ3n) is 3.64. The molecule has 0 fully saturated rings. The summed E-state index contributed by atoms with van der Waals surface area (Å²) in [5.41, 5.74) is 7.56. The molecule has 5 nitrogen and oxygen atoms in total. The van der Waals surface area contributed by atoms with E-state index in [-0.39, 0.29) is 4.75 Å². The first-order valence-corrected chi connectivity index (χ1v) is 7.11. The fourth-order valence-corrected chi connectivity index (χ4v) is 1.47. The Bertz CT molecular complexity index is 515. The molecule has 21 heavy (non-hydrogen) atoms. The van der Waals surface area contributed by atoms with E-state index in [2.05, 4.69) is 22.7 Å². The minimum Gasteiger partial charge on any atom is -0.453 e. The summed E-state index contributed by atoms with van der Waals surface area (Å²) in [5.74, 6) is 0. The number of ether oxygens (including phenoxy) is 1. The van der Waals surface area contributed by atoms with Crippen LogP contribution in [0.25, 0.3) is 0 Å². The van der Waals surface area contributed by atoms with Gasteiger partial charge in [-0.05, 0) is 45.3 Å². The Balaban J connectivity index is 2.76. The van der Waals surface area contributed by atoms with Crippen LogP contribution >= 0.6 is 12.6 Å². The van der Waals surface area contributed by atoms with Crippen LogP contribution in [0, 0.1) is 0 Å². The Morgan fingerprint density at radius 2 is 1.95 bits per heavy atom. The molecule has 0 heterocycles. The van der Waals surface area contributed by atoms with Gasteiger partial charge in [-0.1, -0.05) is 6.07 Å². The average molecular weight is 310 g/mol. The molecule has 0 atom stereocenters. The minimum atomic E-state index is -0.531. The number of hydrogen-bond acceptors (Lipinski definition) is 5. The molecule has 7 heteroatoms. The van der Waals surface area contributed by atoms with Gasteiger partial charge in [0, 0.05) is 16.1 Å². The van der Waals surface area contributed by atoms with Crippen LogP contribution in [-0.4, -0.2) is 31.0 Å². The molecule has 0 saturated heterocycles. The molecule has 0 radical (unpaired) electrons. The summed E-state index contributed by atoms with van der Waals surface area (Å²) in [6.07, 6.45) is -0.531. The number of methoxy groups -OCH3 is 1. The van der Waals surface area contributed by atoms with Gasteiger partial charge in [-0.15, -0.1) is 0 Å². The van der Waals surface area contributed by atoms with Crippen molar-refractivity contribution in [1.82, 2.24) is 0 Å². The van der Waals surface area contributed by atoms with E-state index in [9.17, 15) is 4.79 Å². The van der Waals surface area contributed by atoms with Gasteiger partial charge in [-0.3, -0.25) is 5.32 Å². The zero-order valence-electron chi connectivity index (χ0n) is 13.2. The van der Waals surface area contributed by atoms with Gasteiger partial charge in [0.25, 0.3) is 0 Å². The number of hydrogen-bond donors (Lipinski definition) is 3. The predicted molar refractivity (Wildman–Crippen MR) is 91.9 cm³/mol. The maximum Gasteiger partial charge on any atom is 0.411 e. The van der Waals surface area contributed by atoms with Crippen LogP contribution in [0.4, 0.5) is 16.2 Å². The predicted octanol–water partition coefficient (Wildman–Crippen LogP) is 1.93. The number of benzene rings is 1. The first kappa shape index (κ1) is 17.7. The highest BCUT2D eigenvalue weighted by Gasteiger charge is 2.34. The Labute approximate surface area is 132 Å². The summed E-state index contributed by atoms with van der Waals surface area (Å²) < 4.78 is 10.2. The lowest BCUT2D eigenvalue weighted by Crippen LogP contribution is -2.46. The third kappa shape index (κ3) is 4.86. The molecular weight excluding hydrogens is 287 g/mol. The van der Waals surface area contributed by atoms with E-state index in [0.717, 1.165) is 5.46 Å². The topological polar surface area (TPSA) is 73.6 Å². The van der Waals surface area contributed by atoms with Gasteiger partial charge in [0.15, 0.2) is 0 Å². The normalized spacial score (nSPS) is 11.9. The second-order valence-electron chi connectivity index (χ2n) is 5.89. The lowest BCUT2D eigenvalue weighted by atomic mass is 9.83. The summed E-state index contributed by atoms with van der Waals surface area (Å²) in [7, 11) is 1.68. The standard InChI is InChI=1S/C14H23BN2O3S/c1-13(2,14(3,4)21)20-15-10-7-6-9(8-11(10)16)17-12(18)19-5/h6-8,15,21H,16H2,1-5H3,(H,17,18). The van der Waals surface area contributed by atoms with Gasteiger partial charge in [-0.2, -0.15) is 12.6 Å². The fourth-order valence-electron chi connectivity index (χ4n) is 1.41. The first-order chi connectivity index (χ1) is 9.56. The highest BCUT2D eigenvalue weighted by Crippen LogP contribution is 2.30. The van der Waals surface area contributed by atoms with Gasteiger partial charge >= 0.3 is 13.6 Å². The first-order valence-electron chi connectivity index (χ1n) is 6.66. The summed E-state index contributed by atoms with van der Waals surface area (Å²) in [5, 5.41) is 2.56. The Hall–Kier alpha value is -1.34. The quantitative estimate of drug-likeness (QED) is 0.441. The molecule has 1 rings (SSSR count). The second-order valence-corrected chi connectivity index (χ2v) is 7.01. The van der Waals surface area contributed by atoms with Gasteiger partial charge in [-0.25, -0.2) is 4.79 Å². The molecule has 1 aromatic carbocycles. The number of carbonyl (C=O) groups is 1. The number of amides is 1. The Morgan fingerprint density at radius 1 is 1.33 bits per heavy atom. The fraction of sp³-hybridized carbons (Fsp3) is 0.500. The van der Waals surface area contributed by atoms with Crippen LogP contribution in [0.15, 0.2) is 18.2 Å². The Kier molecular flexibility index (Phi) is 5.58. The van der Waals surface area contributed by atoms with Crippen LogP contribution in [0.2, 0.25) is 0 Å². The lowest BCUT2D eigenvalue weighted by Gasteiger charge is -2.38. The number of carbonyl (C=O) groups excluding carboxylic acids is 1. The summed E-state index contributed by atoms with van der Waals surface area (Å²) in [6, 6.07) is 5.25. The third-order valence-corrected chi connectivity index (χ3v) is 4.18. The number of nitrogen functional groups attached to an aromatic ring is 1. The maximum atomic E-state index is 11.1. The zero-order chi connectivity index (χ0) is 16.3. The van der Waals surface area contributed by atoms with Crippen LogP contribution in [-0.2, 0) is 9.39 Å². The van der Waals surface area contributed by atoms with Crippen molar-refractivity contribution in [1.29, 1.82) is 0 Å². The van der Waals surface area contributed by atoms with E-state index >= 15 is 0 Å². The van der Waals surface area contributed by atoms with E-state index in [0.29, 0.717) is 18.9 Å². The van der Waals surface area contributed by atoms with Gasteiger partial charge in [0.2, 0.25) is 0 Å². The van der Waals surface area contributed by atoms with Crippen molar-refractivity contribution >= 4 is 43.0 Å². The average Bonchev–Trinajstić information content (AvgIpc) is 2.36. The number of thiol groups is 1. The SMILES string of the molecule is COC(=O)Nc1ccc(BOC(C)(C)C(C)(C)S)c(N)c1. The summed E-state index contributed by atoms with van der Waals surface area (Å²) >= 11 is 4.55.